The predicted octanol–water partition coefficient (Wildman–Crippen LogP) is 5.01. The number of nitrogens with one attached hydrogen (secondary N) is 1. The van der Waals surface area contributed by atoms with Crippen LogP contribution >= 0.6 is 0 Å². The van der Waals surface area contributed by atoms with Crippen molar-refractivity contribution in [3.8, 4) is 17.6 Å². The summed E-state index contributed by atoms with van der Waals surface area (Å²) in [6, 6.07) is 12.8. The van der Waals surface area contributed by atoms with E-state index in [0.717, 1.165) is 22.6 Å². The van der Waals surface area contributed by atoms with Crippen molar-refractivity contribution >= 4 is 16.7 Å². The van der Waals surface area contributed by atoms with Crippen LogP contribution in [0.4, 0.5) is 5.69 Å². The Bertz CT molecular complexity index is 957. The Morgan fingerprint density at radius 3 is 2.74 bits per heavy atom. The molecule has 27 heavy (non-hydrogen) atoms. The molecular formula is C23H25N3O. The van der Waals surface area contributed by atoms with Crippen LogP contribution in [0.3, 0.4) is 0 Å². The third kappa shape index (κ3) is 4.09. The molecule has 0 saturated heterocycles. The number of pyridine rings is 1. The number of anilines is 1. The van der Waals surface area contributed by atoms with E-state index in [9.17, 15) is 0 Å². The van der Waals surface area contributed by atoms with Crippen molar-refractivity contribution in [3.05, 3.63) is 54.4 Å². The summed E-state index contributed by atoms with van der Waals surface area (Å²) < 4.78 is 7.52. The van der Waals surface area contributed by atoms with Gasteiger partial charge in [0.1, 0.15) is 11.4 Å². The Balaban J connectivity index is 1.41. The first kappa shape index (κ1) is 17.5. The van der Waals surface area contributed by atoms with Crippen LogP contribution < -0.4 is 10.1 Å². The van der Waals surface area contributed by atoms with E-state index in [1.165, 1.54) is 37.5 Å². The lowest BCUT2D eigenvalue weighted by molar-refractivity contribution is 0.359. The summed E-state index contributed by atoms with van der Waals surface area (Å²) in [6.45, 7) is 0.591. The summed E-state index contributed by atoms with van der Waals surface area (Å²) >= 11 is 0. The van der Waals surface area contributed by atoms with Crippen molar-refractivity contribution in [2.24, 2.45) is 0 Å². The van der Waals surface area contributed by atoms with E-state index < -0.39 is 0 Å². The van der Waals surface area contributed by atoms with Crippen LogP contribution in [0.25, 0.3) is 11.0 Å². The Morgan fingerprint density at radius 2 is 1.96 bits per heavy atom. The van der Waals surface area contributed by atoms with Gasteiger partial charge in [-0.15, -0.1) is 0 Å². The van der Waals surface area contributed by atoms with Crippen LogP contribution in [0.5, 0.6) is 5.75 Å². The van der Waals surface area contributed by atoms with Gasteiger partial charge in [-0.2, -0.15) is 0 Å². The number of rotatable bonds is 4. The molecule has 138 valence electrons. The number of hydrogen-bond acceptors (Lipinski definition) is 3. The zero-order valence-electron chi connectivity index (χ0n) is 15.7. The van der Waals surface area contributed by atoms with E-state index in [-0.39, 0.29) is 0 Å². The zero-order chi connectivity index (χ0) is 18.5. The predicted molar refractivity (Wildman–Crippen MR) is 110 cm³/mol. The molecule has 0 radical (unpaired) electrons. The van der Waals surface area contributed by atoms with Gasteiger partial charge in [0.25, 0.3) is 0 Å². The van der Waals surface area contributed by atoms with Gasteiger partial charge in [-0.1, -0.05) is 31.1 Å². The molecule has 1 N–H and O–H groups in total. The summed E-state index contributed by atoms with van der Waals surface area (Å²) in [4.78, 5) is 4.70. The van der Waals surface area contributed by atoms with Gasteiger partial charge < -0.3 is 14.6 Å². The monoisotopic (exact) mass is 359 g/mol. The molecule has 4 nitrogen and oxygen atoms in total. The number of benzene rings is 1. The van der Waals surface area contributed by atoms with Crippen molar-refractivity contribution in [3.63, 3.8) is 0 Å². The average Bonchev–Trinajstić information content (AvgIpc) is 3.15. The molecule has 0 spiro atoms. The third-order valence-electron chi connectivity index (χ3n) is 5.23. The van der Waals surface area contributed by atoms with Gasteiger partial charge in [0.2, 0.25) is 0 Å². The highest BCUT2D eigenvalue weighted by Gasteiger charge is 2.17. The molecular weight excluding hydrogens is 334 g/mol. The van der Waals surface area contributed by atoms with Crippen molar-refractivity contribution in [2.45, 2.75) is 38.1 Å². The van der Waals surface area contributed by atoms with Gasteiger partial charge in [-0.05, 0) is 49.2 Å². The standard InChI is InChI=1S/C23H25N3O/c1-27-22-11-9-20(10-12-22)24-14-5-6-18-16-19-13-15-26(23(19)25-17-18)21-7-3-2-4-8-21/h9-13,15-17,21,24H,2-4,7-8,14H2,1H3. The van der Waals surface area contributed by atoms with Gasteiger partial charge in [-0.25, -0.2) is 4.98 Å². The normalized spacial score (nSPS) is 14.6. The lowest BCUT2D eigenvalue weighted by atomic mass is 9.95. The first-order valence-corrected chi connectivity index (χ1v) is 9.67. The lowest BCUT2D eigenvalue weighted by Crippen LogP contribution is -2.12. The highest BCUT2D eigenvalue weighted by Crippen LogP contribution is 2.31. The van der Waals surface area contributed by atoms with E-state index >= 15 is 0 Å². The molecule has 1 aliphatic carbocycles. The molecule has 0 unspecified atom stereocenters. The molecule has 0 amide bonds. The number of aromatic nitrogens is 2. The van der Waals surface area contributed by atoms with Gasteiger partial charge in [0, 0.05) is 35.1 Å². The van der Waals surface area contributed by atoms with Crippen LogP contribution in [0.1, 0.15) is 43.7 Å². The van der Waals surface area contributed by atoms with Crippen LogP contribution in [0, 0.1) is 11.8 Å². The maximum absolute atomic E-state index is 5.16. The van der Waals surface area contributed by atoms with Gasteiger partial charge in [0.05, 0.1) is 13.7 Å². The Morgan fingerprint density at radius 1 is 1.15 bits per heavy atom. The van der Waals surface area contributed by atoms with Gasteiger partial charge >= 0.3 is 0 Å². The molecule has 2 heterocycles. The molecule has 2 aromatic heterocycles. The molecule has 4 rings (SSSR count). The minimum Gasteiger partial charge on any atom is -0.497 e. The van der Waals surface area contributed by atoms with E-state index in [4.69, 9.17) is 9.72 Å². The van der Waals surface area contributed by atoms with Crippen molar-refractivity contribution in [2.75, 3.05) is 19.0 Å². The van der Waals surface area contributed by atoms with Gasteiger partial charge in [0.15, 0.2) is 0 Å². The zero-order valence-corrected chi connectivity index (χ0v) is 15.7. The van der Waals surface area contributed by atoms with Crippen LogP contribution in [-0.4, -0.2) is 23.2 Å². The molecule has 3 aromatic rings. The molecule has 0 atom stereocenters. The van der Waals surface area contributed by atoms with E-state index in [1.807, 2.05) is 30.5 Å². The minimum absolute atomic E-state index is 0.591. The third-order valence-corrected chi connectivity index (χ3v) is 5.23. The van der Waals surface area contributed by atoms with Crippen LogP contribution in [-0.2, 0) is 0 Å². The SMILES string of the molecule is COc1ccc(NCC#Cc2cnc3c(ccn3C3CCCCC3)c2)cc1. The maximum Gasteiger partial charge on any atom is 0.140 e. The van der Waals surface area contributed by atoms with E-state index in [2.05, 4.69) is 40.1 Å². The Labute approximate surface area is 160 Å². The Hall–Kier alpha value is -2.93. The Kier molecular flexibility index (Phi) is 5.29. The second-order valence-electron chi connectivity index (χ2n) is 7.04. The van der Waals surface area contributed by atoms with Crippen molar-refractivity contribution in [1.29, 1.82) is 0 Å². The number of ether oxygens (including phenoxy) is 1. The minimum atomic E-state index is 0.591. The molecule has 1 aromatic carbocycles. The fourth-order valence-corrected chi connectivity index (χ4v) is 3.77. The summed E-state index contributed by atoms with van der Waals surface area (Å²) in [7, 11) is 1.67. The fourth-order valence-electron chi connectivity index (χ4n) is 3.77. The molecule has 4 heteroatoms. The highest BCUT2D eigenvalue weighted by molar-refractivity contribution is 5.77. The maximum atomic E-state index is 5.16. The molecule has 1 fully saturated rings. The first-order chi connectivity index (χ1) is 13.3. The second kappa shape index (κ2) is 8.18. The van der Waals surface area contributed by atoms with Gasteiger partial charge in [-0.3, -0.25) is 0 Å². The number of fused-ring (bicyclic) bond motifs is 1. The summed E-state index contributed by atoms with van der Waals surface area (Å²) in [5.41, 5.74) is 3.08. The summed E-state index contributed by atoms with van der Waals surface area (Å²) in [6.07, 6.45) is 10.6. The highest BCUT2D eigenvalue weighted by atomic mass is 16.5. The molecule has 0 aliphatic heterocycles. The number of hydrogen-bond donors (Lipinski definition) is 1. The number of nitrogens with zero attached hydrogens (tertiary/aromatic N) is 2. The van der Waals surface area contributed by atoms with Crippen molar-refractivity contribution in [1.82, 2.24) is 9.55 Å². The molecule has 1 aliphatic rings. The fraction of sp³-hybridized carbons (Fsp3) is 0.348. The topological polar surface area (TPSA) is 39.1 Å². The average molecular weight is 359 g/mol. The smallest absolute Gasteiger partial charge is 0.140 e. The van der Waals surface area contributed by atoms with E-state index in [0.29, 0.717) is 12.6 Å². The first-order valence-electron chi connectivity index (χ1n) is 9.67. The summed E-state index contributed by atoms with van der Waals surface area (Å²) in [5.74, 6) is 7.24. The van der Waals surface area contributed by atoms with Crippen LogP contribution in [0.2, 0.25) is 0 Å². The largest absolute Gasteiger partial charge is 0.497 e. The number of methoxy groups -OCH3 is 1. The molecule has 0 bridgehead atoms. The van der Waals surface area contributed by atoms with Crippen LogP contribution in [0.15, 0.2) is 48.8 Å². The van der Waals surface area contributed by atoms with E-state index in [1.54, 1.807) is 7.11 Å². The lowest BCUT2D eigenvalue weighted by Gasteiger charge is -2.23. The summed E-state index contributed by atoms with van der Waals surface area (Å²) in [5, 5.41) is 4.47. The second-order valence-corrected chi connectivity index (χ2v) is 7.04. The molecule has 1 saturated carbocycles. The quantitative estimate of drug-likeness (QED) is 0.665. The van der Waals surface area contributed by atoms with Crippen molar-refractivity contribution < 1.29 is 4.74 Å².